The van der Waals surface area contributed by atoms with Crippen molar-refractivity contribution < 1.29 is 23.9 Å². The summed E-state index contributed by atoms with van der Waals surface area (Å²) in [5, 5.41) is 6.13. The number of hydrogen-bond acceptors (Lipinski definition) is 9. The molecule has 0 bridgehead atoms. The maximum Gasteiger partial charge on any atom is 0.337 e. The molecule has 0 aliphatic carbocycles. The number of carbonyl (C=O) groups is 3. The number of esters is 1. The number of hydrogen-bond donors (Lipinski definition) is 2. The lowest BCUT2D eigenvalue weighted by molar-refractivity contribution is -0.120. The fraction of sp³-hybridized carbons (Fsp3) is 0.276. The Morgan fingerprint density at radius 1 is 1.07 bits per heavy atom. The van der Waals surface area contributed by atoms with E-state index in [4.69, 9.17) is 14.5 Å². The van der Waals surface area contributed by atoms with Crippen LogP contribution in [0, 0.1) is 0 Å². The number of morpholine rings is 1. The Morgan fingerprint density at radius 2 is 1.88 bits per heavy atom. The average molecular weight is 541 g/mol. The van der Waals surface area contributed by atoms with E-state index < -0.39 is 5.97 Å². The minimum atomic E-state index is -0.486. The van der Waals surface area contributed by atoms with Crippen molar-refractivity contribution in [2.75, 3.05) is 62.0 Å². The van der Waals surface area contributed by atoms with Gasteiger partial charge in [0.2, 0.25) is 11.9 Å². The molecule has 1 saturated heterocycles. The number of methoxy groups -OCH3 is 1. The molecular weight excluding hydrogens is 512 g/mol. The summed E-state index contributed by atoms with van der Waals surface area (Å²) in [7, 11) is 1.31. The van der Waals surface area contributed by atoms with Crippen LogP contribution >= 0.6 is 0 Å². The van der Waals surface area contributed by atoms with Gasteiger partial charge in [0.15, 0.2) is 0 Å². The summed E-state index contributed by atoms with van der Waals surface area (Å²) < 4.78 is 10.2. The molecular formula is C29H28N6O5. The van der Waals surface area contributed by atoms with Crippen LogP contribution in [0.1, 0.15) is 27.2 Å². The van der Waals surface area contributed by atoms with E-state index in [0.717, 1.165) is 24.3 Å². The molecule has 2 aromatic carbocycles. The lowest BCUT2D eigenvalue weighted by Gasteiger charge is -2.28. The molecule has 2 N–H and O–H groups in total. The van der Waals surface area contributed by atoms with Crippen LogP contribution in [0.25, 0.3) is 11.3 Å². The van der Waals surface area contributed by atoms with E-state index in [9.17, 15) is 14.4 Å². The lowest BCUT2D eigenvalue weighted by Crippen LogP contribution is -2.44. The third-order valence-corrected chi connectivity index (χ3v) is 7.21. The molecule has 0 saturated carbocycles. The third kappa shape index (κ3) is 4.92. The zero-order valence-corrected chi connectivity index (χ0v) is 22.0. The summed E-state index contributed by atoms with van der Waals surface area (Å²) in [6.07, 6.45) is 2.27. The Morgan fingerprint density at radius 3 is 2.65 bits per heavy atom. The van der Waals surface area contributed by atoms with Crippen molar-refractivity contribution in [2.24, 2.45) is 0 Å². The van der Waals surface area contributed by atoms with Crippen LogP contribution in [-0.4, -0.2) is 79.2 Å². The van der Waals surface area contributed by atoms with Crippen molar-refractivity contribution >= 4 is 46.4 Å². The molecule has 1 aromatic heterocycles. The second-order valence-electron chi connectivity index (χ2n) is 9.66. The first-order valence-corrected chi connectivity index (χ1v) is 13.1. The van der Waals surface area contributed by atoms with E-state index in [2.05, 4.69) is 20.5 Å². The first-order valence-electron chi connectivity index (χ1n) is 13.1. The summed E-state index contributed by atoms with van der Waals surface area (Å²) in [4.78, 5) is 51.4. The number of anilines is 3. The summed E-state index contributed by atoms with van der Waals surface area (Å²) in [6, 6.07) is 14.4. The SMILES string of the molecule is COC(=O)c1ccc2c(c1)NC(=O)/C2=C(\Nc1ncc2c(n1)CCN2C(=O)CN1CCOCC1)c1ccccc1. The van der Waals surface area contributed by atoms with Gasteiger partial charge in [-0.25, -0.2) is 14.8 Å². The lowest BCUT2D eigenvalue weighted by atomic mass is 9.99. The smallest absolute Gasteiger partial charge is 0.337 e. The molecule has 3 aliphatic rings. The molecule has 0 unspecified atom stereocenters. The molecule has 3 aromatic rings. The fourth-order valence-corrected chi connectivity index (χ4v) is 5.18. The number of nitrogens with zero attached hydrogens (tertiary/aromatic N) is 4. The number of fused-ring (bicyclic) bond motifs is 2. The summed E-state index contributed by atoms with van der Waals surface area (Å²) in [6.45, 7) is 3.63. The molecule has 0 radical (unpaired) electrons. The van der Waals surface area contributed by atoms with E-state index in [-0.39, 0.29) is 11.8 Å². The monoisotopic (exact) mass is 540 g/mol. The maximum atomic E-state index is 13.2. The van der Waals surface area contributed by atoms with Gasteiger partial charge in [0.1, 0.15) is 0 Å². The molecule has 11 heteroatoms. The standard InChI is InChI=1S/C29H28N6O5/c1-39-28(38)19-7-8-20-22(15-19)31-27(37)25(20)26(18-5-3-2-4-6-18)33-29-30-16-23-21(32-29)9-10-35(23)24(36)17-34-11-13-40-14-12-34/h2-8,15-16H,9-14,17H2,1H3,(H,31,37)(H,30,32,33)/b26-25-. The number of benzene rings is 2. The minimum Gasteiger partial charge on any atom is -0.465 e. The molecule has 0 spiro atoms. The van der Waals surface area contributed by atoms with Gasteiger partial charge in [-0.1, -0.05) is 36.4 Å². The molecule has 4 heterocycles. The Labute approximate surface area is 230 Å². The van der Waals surface area contributed by atoms with Crippen molar-refractivity contribution in [2.45, 2.75) is 6.42 Å². The van der Waals surface area contributed by atoms with Gasteiger partial charge in [-0.3, -0.25) is 14.5 Å². The van der Waals surface area contributed by atoms with E-state index in [0.29, 0.717) is 72.4 Å². The van der Waals surface area contributed by atoms with Crippen molar-refractivity contribution in [1.82, 2.24) is 14.9 Å². The Bertz CT molecular complexity index is 1520. The number of carbonyl (C=O) groups excluding carboxylic acids is 3. The first kappa shape index (κ1) is 25.7. The molecule has 6 rings (SSSR count). The predicted molar refractivity (Wildman–Crippen MR) is 149 cm³/mol. The van der Waals surface area contributed by atoms with Crippen molar-refractivity contribution in [3.63, 3.8) is 0 Å². The number of amides is 2. The molecule has 11 nitrogen and oxygen atoms in total. The quantitative estimate of drug-likeness (QED) is 0.358. The third-order valence-electron chi connectivity index (χ3n) is 7.21. The number of rotatable bonds is 6. The van der Waals surface area contributed by atoms with E-state index in [1.165, 1.54) is 7.11 Å². The normalized spacial score (nSPS) is 17.6. The van der Waals surface area contributed by atoms with Crippen LogP contribution in [0.3, 0.4) is 0 Å². The van der Waals surface area contributed by atoms with E-state index >= 15 is 0 Å². The van der Waals surface area contributed by atoms with E-state index in [1.807, 2.05) is 30.3 Å². The Hall–Kier alpha value is -4.61. The number of nitrogens with one attached hydrogen (secondary N) is 2. The first-order chi connectivity index (χ1) is 19.5. The van der Waals surface area contributed by atoms with Gasteiger partial charge in [0, 0.05) is 31.6 Å². The van der Waals surface area contributed by atoms with Gasteiger partial charge in [-0.15, -0.1) is 0 Å². The molecule has 1 fully saturated rings. The highest BCUT2D eigenvalue weighted by Crippen LogP contribution is 2.38. The van der Waals surface area contributed by atoms with Crippen LogP contribution in [0.2, 0.25) is 0 Å². The van der Waals surface area contributed by atoms with Crippen molar-refractivity contribution in [3.05, 3.63) is 77.1 Å². The summed E-state index contributed by atoms with van der Waals surface area (Å²) in [5.74, 6) is -0.466. The highest BCUT2D eigenvalue weighted by molar-refractivity contribution is 6.37. The largest absolute Gasteiger partial charge is 0.465 e. The molecule has 204 valence electrons. The van der Waals surface area contributed by atoms with Crippen LogP contribution in [-0.2, 0) is 25.5 Å². The second-order valence-corrected chi connectivity index (χ2v) is 9.66. The van der Waals surface area contributed by atoms with Crippen LogP contribution in [0.15, 0.2) is 54.7 Å². The van der Waals surface area contributed by atoms with Crippen molar-refractivity contribution in [3.8, 4) is 0 Å². The van der Waals surface area contributed by atoms with Gasteiger partial charge >= 0.3 is 5.97 Å². The fourth-order valence-electron chi connectivity index (χ4n) is 5.18. The summed E-state index contributed by atoms with van der Waals surface area (Å²) >= 11 is 0. The predicted octanol–water partition coefficient (Wildman–Crippen LogP) is 2.42. The topological polar surface area (TPSA) is 126 Å². The highest BCUT2D eigenvalue weighted by Gasteiger charge is 2.31. The van der Waals surface area contributed by atoms with Crippen LogP contribution in [0.5, 0.6) is 0 Å². The summed E-state index contributed by atoms with van der Waals surface area (Å²) in [5.41, 5.74) is 4.68. The van der Waals surface area contributed by atoms with Crippen LogP contribution < -0.4 is 15.5 Å². The van der Waals surface area contributed by atoms with Crippen molar-refractivity contribution in [1.29, 1.82) is 0 Å². The number of ether oxygens (including phenoxy) is 2. The number of aromatic nitrogens is 2. The Kier molecular flexibility index (Phi) is 6.97. The molecule has 3 aliphatic heterocycles. The molecule has 40 heavy (non-hydrogen) atoms. The highest BCUT2D eigenvalue weighted by atomic mass is 16.5. The average Bonchev–Trinajstić information content (AvgIpc) is 3.56. The zero-order chi connectivity index (χ0) is 27.6. The Balaban J connectivity index is 1.31. The van der Waals surface area contributed by atoms with Gasteiger partial charge in [-0.05, 0) is 17.7 Å². The zero-order valence-electron chi connectivity index (χ0n) is 22.0. The maximum absolute atomic E-state index is 13.2. The van der Waals surface area contributed by atoms with Gasteiger partial charge in [-0.2, -0.15) is 0 Å². The van der Waals surface area contributed by atoms with Gasteiger partial charge in [0.05, 0.1) is 67.0 Å². The van der Waals surface area contributed by atoms with E-state index in [1.54, 1.807) is 29.3 Å². The minimum absolute atomic E-state index is 0.0163. The molecule has 2 amide bonds. The molecule has 0 atom stereocenters. The van der Waals surface area contributed by atoms with Crippen LogP contribution in [0.4, 0.5) is 17.3 Å². The second kappa shape index (κ2) is 10.9. The van der Waals surface area contributed by atoms with Gasteiger partial charge in [0.25, 0.3) is 5.91 Å². The van der Waals surface area contributed by atoms with Gasteiger partial charge < -0.3 is 25.0 Å².